The highest BCUT2D eigenvalue weighted by Crippen LogP contribution is 2.43. The van der Waals surface area contributed by atoms with Gasteiger partial charge < -0.3 is 14.5 Å². The van der Waals surface area contributed by atoms with Crippen LogP contribution in [0.2, 0.25) is 0 Å². The highest BCUT2D eigenvalue weighted by Gasteiger charge is 2.38. The van der Waals surface area contributed by atoms with Gasteiger partial charge in [-0.05, 0) is 57.3 Å². The molecule has 30 heavy (non-hydrogen) atoms. The number of aromatic nitrogens is 1. The molecule has 2 aliphatic rings. The van der Waals surface area contributed by atoms with Gasteiger partial charge in [0.15, 0.2) is 0 Å². The fourth-order valence-electron chi connectivity index (χ4n) is 4.18. The number of fused-ring (bicyclic) bond motifs is 2. The average Bonchev–Trinajstić information content (AvgIpc) is 3.22. The molecular weight excluding hydrogens is 397 g/mol. The zero-order chi connectivity index (χ0) is 21.9. The fraction of sp³-hybridized carbons (Fsp3) is 0.455. The summed E-state index contributed by atoms with van der Waals surface area (Å²) in [6, 6.07) is 8.87. The Kier molecular flexibility index (Phi) is 6.36. The van der Waals surface area contributed by atoms with E-state index in [9.17, 15) is 13.2 Å². The number of carbonyl (C=O) groups is 1. The number of allylic oxidation sites excluding steroid dienone is 1. The van der Waals surface area contributed by atoms with E-state index in [0.29, 0.717) is 0 Å². The number of rotatable bonds is 3. The van der Waals surface area contributed by atoms with Crippen LogP contribution in [0.3, 0.4) is 0 Å². The first-order valence-corrected chi connectivity index (χ1v) is 9.85. The Hall–Kier alpha value is -2.61. The Labute approximate surface area is 173 Å². The van der Waals surface area contributed by atoms with E-state index in [1.807, 2.05) is 13.8 Å². The van der Waals surface area contributed by atoms with Crippen LogP contribution >= 0.6 is 0 Å². The van der Waals surface area contributed by atoms with Gasteiger partial charge in [-0.15, -0.1) is 0 Å². The summed E-state index contributed by atoms with van der Waals surface area (Å²) in [5, 5.41) is 11.2. The largest absolute Gasteiger partial charge is 0.490 e. The van der Waals surface area contributed by atoms with Gasteiger partial charge in [-0.3, -0.25) is 0 Å². The SMILES string of the molecule is Cc1noc(C)c1CCN1CCC2(C=Cc3ccccc32)CC1.O=C(O)C(F)(F)F. The van der Waals surface area contributed by atoms with Gasteiger partial charge in [0.2, 0.25) is 0 Å². The molecule has 8 heteroatoms. The van der Waals surface area contributed by atoms with Gasteiger partial charge in [-0.1, -0.05) is 41.6 Å². The predicted molar refractivity (Wildman–Crippen MR) is 106 cm³/mol. The molecule has 0 atom stereocenters. The van der Waals surface area contributed by atoms with Crippen LogP contribution < -0.4 is 0 Å². The molecule has 1 saturated heterocycles. The second-order valence-corrected chi connectivity index (χ2v) is 7.77. The minimum Gasteiger partial charge on any atom is -0.475 e. The molecule has 0 bridgehead atoms. The summed E-state index contributed by atoms with van der Waals surface area (Å²) in [5.41, 5.74) is 5.57. The van der Waals surface area contributed by atoms with E-state index in [1.54, 1.807) is 0 Å². The van der Waals surface area contributed by atoms with Crippen molar-refractivity contribution in [2.45, 2.75) is 44.7 Å². The minimum atomic E-state index is -5.08. The van der Waals surface area contributed by atoms with Crippen LogP contribution in [0.5, 0.6) is 0 Å². The van der Waals surface area contributed by atoms with Gasteiger partial charge in [0.25, 0.3) is 0 Å². The number of likely N-dealkylation sites (tertiary alicyclic amines) is 1. The number of piperidine rings is 1. The molecule has 1 aliphatic carbocycles. The molecule has 0 radical (unpaired) electrons. The van der Waals surface area contributed by atoms with Crippen LogP contribution in [0.4, 0.5) is 13.2 Å². The standard InChI is InChI=1S/C20H24N2O.C2HF3O2/c1-15-18(16(2)23-21-15)8-12-22-13-10-20(11-14-22)9-7-17-5-3-4-6-19(17)20;3-2(4,5)1(6)7/h3-7,9H,8,10-14H2,1-2H3;(H,6,7). The zero-order valence-electron chi connectivity index (χ0n) is 17.0. The quantitative estimate of drug-likeness (QED) is 0.787. The van der Waals surface area contributed by atoms with E-state index in [-0.39, 0.29) is 5.41 Å². The van der Waals surface area contributed by atoms with Crippen molar-refractivity contribution in [2.24, 2.45) is 0 Å². The van der Waals surface area contributed by atoms with Crippen LogP contribution in [0.15, 0.2) is 34.9 Å². The van der Waals surface area contributed by atoms with E-state index in [0.717, 1.165) is 24.4 Å². The monoisotopic (exact) mass is 422 g/mol. The fourth-order valence-corrected chi connectivity index (χ4v) is 4.18. The van der Waals surface area contributed by atoms with Gasteiger partial charge in [-0.25, -0.2) is 4.79 Å². The molecule has 5 nitrogen and oxygen atoms in total. The maximum atomic E-state index is 10.6. The van der Waals surface area contributed by atoms with Crippen molar-refractivity contribution in [1.82, 2.24) is 10.1 Å². The van der Waals surface area contributed by atoms with E-state index >= 15 is 0 Å². The lowest BCUT2D eigenvalue weighted by Crippen LogP contribution is -2.41. The van der Waals surface area contributed by atoms with Gasteiger partial charge in [0.1, 0.15) is 5.76 Å². The molecule has 1 aromatic heterocycles. The molecule has 0 saturated carbocycles. The summed E-state index contributed by atoms with van der Waals surface area (Å²) >= 11 is 0. The Morgan fingerprint density at radius 1 is 1.23 bits per heavy atom. The molecule has 1 spiro atoms. The van der Waals surface area contributed by atoms with Crippen molar-refractivity contribution in [3.05, 3.63) is 58.5 Å². The topological polar surface area (TPSA) is 66.6 Å². The van der Waals surface area contributed by atoms with Crippen LogP contribution in [-0.4, -0.2) is 46.9 Å². The lowest BCUT2D eigenvalue weighted by Gasteiger charge is -2.39. The second kappa shape index (κ2) is 8.63. The maximum absolute atomic E-state index is 10.6. The number of alkyl halides is 3. The Morgan fingerprint density at radius 3 is 2.43 bits per heavy atom. The number of aryl methyl sites for hydroxylation is 2. The van der Waals surface area contributed by atoms with E-state index in [2.05, 4.69) is 46.5 Å². The van der Waals surface area contributed by atoms with Crippen molar-refractivity contribution < 1.29 is 27.6 Å². The minimum absolute atomic E-state index is 0.288. The first kappa shape index (κ1) is 22.1. The van der Waals surface area contributed by atoms with E-state index in [4.69, 9.17) is 14.4 Å². The molecular formula is C22H25F3N2O3. The lowest BCUT2D eigenvalue weighted by molar-refractivity contribution is -0.192. The number of hydrogen-bond donors (Lipinski definition) is 1. The highest BCUT2D eigenvalue weighted by atomic mass is 19.4. The van der Waals surface area contributed by atoms with Crippen LogP contribution in [0, 0.1) is 13.8 Å². The van der Waals surface area contributed by atoms with E-state index in [1.165, 1.54) is 42.6 Å². The van der Waals surface area contributed by atoms with Crippen molar-refractivity contribution >= 4 is 12.0 Å². The van der Waals surface area contributed by atoms with Gasteiger partial charge in [0, 0.05) is 17.5 Å². The highest BCUT2D eigenvalue weighted by molar-refractivity contribution is 5.73. The third-order valence-electron chi connectivity index (χ3n) is 5.93. The number of nitrogens with zero attached hydrogens (tertiary/aromatic N) is 2. The van der Waals surface area contributed by atoms with Crippen LogP contribution in [0.25, 0.3) is 6.08 Å². The predicted octanol–water partition coefficient (Wildman–Crippen LogP) is 4.53. The molecule has 1 fully saturated rings. The molecule has 0 amide bonds. The first-order valence-electron chi connectivity index (χ1n) is 9.85. The van der Waals surface area contributed by atoms with Crippen LogP contribution in [0.1, 0.15) is 41.0 Å². The summed E-state index contributed by atoms with van der Waals surface area (Å²) in [7, 11) is 0. The van der Waals surface area contributed by atoms with Crippen LogP contribution in [-0.2, 0) is 16.6 Å². The molecule has 1 aromatic carbocycles. The number of aliphatic carboxylic acids is 1. The number of halogens is 3. The number of carboxylic acid groups (broad SMARTS) is 1. The van der Waals surface area contributed by atoms with Gasteiger partial charge in [-0.2, -0.15) is 13.2 Å². The Morgan fingerprint density at radius 2 is 1.87 bits per heavy atom. The number of carboxylic acids is 1. The maximum Gasteiger partial charge on any atom is 0.490 e. The Balaban J connectivity index is 0.000000318. The molecule has 1 aliphatic heterocycles. The normalized spacial score (nSPS) is 17.5. The van der Waals surface area contributed by atoms with Crippen molar-refractivity contribution in [3.8, 4) is 0 Å². The summed E-state index contributed by atoms with van der Waals surface area (Å²) in [5.74, 6) is -1.78. The lowest BCUT2D eigenvalue weighted by atomic mass is 9.74. The number of hydrogen-bond acceptors (Lipinski definition) is 4. The van der Waals surface area contributed by atoms with E-state index < -0.39 is 12.1 Å². The smallest absolute Gasteiger partial charge is 0.475 e. The Bertz CT molecular complexity index is 906. The molecule has 2 heterocycles. The third kappa shape index (κ3) is 4.75. The van der Waals surface area contributed by atoms with Gasteiger partial charge in [0.05, 0.1) is 5.69 Å². The van der Waals surface area contributed by atoms with Gasteiger partial charge >= 0.3 is 12.1 Å². The summed E-state index contributed by atoms with van der Waals surface area (Å²) in [6.07, 6.45) is 3.17. The van der Waals surface area contributed by atoms with Crippen molar-refractivity contribution in [2.75, 3.05) is 19.6 Å². The average molecular weight is 422 g/mol. The molecule has 0 unspecified atom stereocenters. The number of benzene rings is 1. The summed E-state index contributed by atoms with van der Waals surface area (Å²) in [4.78, 5) is 11.5. The first-order chi connectivity index (χ1) is 14.1. The van der Waals surface area contributed by atoms with Crippen molar-refractivity contribution in [1.29, 1.82) is 0 Å². The molecule has 162 valence electrons. The third-order valence-corrected chi connectivity index (χ3v) is 5.93. The second-order valence-electron chi connectivity index (χ2n) is 7.77. The zero-order valence-corrected chi connectivity index (χ0v) is 17.0. The molecule has 1 N–H and O–H groups in total. The summed E-state index contributed by atoms with van der Waals surface area (Å²) in [6.45, 7) is 7.49. The van der Waals surface area contributed by atoms with Crippen molar-refractivity contribution in [3.63, 3.8) is 0 Å². The molecule has 4 rings (SSSR count). The molecule has 2 aromatic rings. The summed E-state index contributed by atoms with van der Waals surface area (Å²) < 4.78 is 37.0.